The molecule has 2 aromatic carbocycles. The van der Waals surface area contributed by atoms with E-state index < -0.39 is 0 Å². The van der Waals surface area contributed by atoms with Gasteiger partial charge in [-0.15, -0.1) is 0 Å². The molecule has 0 amide bonds. The maximum atomic E-state index is 10.8. The number of aliphatic hydroxyl groups excluding tert-OH is 1. The van der Waals surface area contributed by atoms with Gasteiger partial charge in [0.2, 0.25) is 0 Å². The Morgan fingerprint density at radius 1 is 0.808 bits per heavy atom. The Kier molecular flexibility index (Phi) is 5.54. The van der Waals surface area contributed by atoms with Gasteiger partial charge in [0.15, 0.2) is 0 Å². The van der Waals surface area contributed by atoms with E-state index in [0.29, 0.717) is 6.04 Å². The van der Waals surface area contributed by atoms with E-state index in [0.717, 1.165) is 52.2 Å². The van der Waals surface area contributed by atoms with Crippen molar-refractivity contribution in [2.45, 2.75) is 25.1 Å². The summed E-state index contributed by atoms with van der Waals surface area (Å²) in [7, 11) is 0. The maximum absolute atomic E-state index is 10.8. The molecule has 0 spiro atoms. The number of β-amino-alcohol motifs (C(OH)–C–C–N with tert-alkyl or cyclic N) is 1. The first kappa shape index (κ1) is 17.5. The number of aliphatic hydroxyl groups is 1. The maximum Gasteiger partial charge on any atom is 0.0822 e. The van der Waals surface area contributed by atoms with Crippen molar-refractivity contribution in [2.24, 2.45) is 0 Å². The SMILES string of the molecule is O[C@H]1CN(Cc2ccccc2)CC[C@@H]1N1CCN(c2ccccc2)CC1. The fourth-order valence-corrected chi connectivity index (χ4v) is 4.35. The van der Waals surface area contributed by atoms with Crippen molar-refractivity contribution in [3.8, 4) is 0 Å². The van der Waals surface area contributed by atoms with E-state index in [-0.39, 0.29) is 6.10 Å². The van der Waals surface area contributed by atoms with Crippen LogP contribution in [-0.4, -0.2) is 66.3 Å². The molecule has 0 aliphatic carbocycles. The van der Waals surface area contributed by atoms with Gasteiger partial charge in [-0.05, 0) is 24.1 Å². The summed E-state index contributed by atoms with van der Waals surface area (Å²) in [5.41, 5.74) is 2.64. The molecule has 2 aliphatic heterocycles. The lowest BCUT2D eigenvalue weighted by Gasteiger charge is -2.45. The summed E-state index contributed by atoms with van der Waals surface area (Å²) in [4.78, 5) is 7.34. The number of anilines is 1. The molecule has 2 saturated heterocycles. The molecule has 4 rings (SSSR count). The van der Waals surface area contributed by atoms with E-state index >= 15 is 0 Å². The fourth-order valence-electron chi connectivity index (χ4n) is 4.35. The summed E-state index contributed by atoms with van der Waals surface area (Å²) in [5, 5.41) is 10.8. The molecule has 0 aromatic heterocycles. The van der Waals surface area contributed by atoms with Gasteiger partial charge in [0, 0.05) is 57.5 Å². The zero-order valence-corrected chi connectivity index (χ0v) is 15.4. The molecule has 2 aliphatic rings. The molecule has 4 nitrogen and oxygen atoms in total. The Morgan fingerprint density at radius 3 is 2.12 bits per heavy atom. The Bertz CT molecular complexity index is 670. The van der Waals surface area contributed by atoms with Crippen molar-refractivity contribution in [1.29, 1.82) is 0 Å². The van der Waals surface area contributed by atoms with Gasteiger partial charge >= 0.3 is 0 Å². The van der Waals surface area contributed by atoms with E-state index in [1.54, 1.807) is 0 Å². The van der Waals surface area contributed by atoms with Crippen LogP contribution in [0.25, 0.3) is 0 Å². The Morgan fingerprint density at radius 2 is 1.46 bits per heavy atom. The first-order valence-corrected chi connectivity index (χ1v) is 9.78. The largest absolute Gasteiger partial charge is 0.390 e. The molecule has 2 fully saturated rings. The third kappa shape index (κ3) is 4.09. The topological polar surface area (TPSA) is 30.0 Å². The summed E-state index contributed by atoms with van der Waals surface area (Å²) in [6.45, 7) is 6.94. The minimum Gasteiger partial charge on any atom is -0.390 e. The van der Waals surface area contributed by atoms with E-state index in [9.17, 15) is 5.11 Å². The van der Waals surface area contributed by atoms with Gasteiger partial charge in [-0.25, -0.2) is 0 Å². The van der Waals surface area contributed by atoms with Crippen molar-refractivity contribution >= 4 is 5.69 Å². The molecule has 0 unspecified atom stereocenters. The summed E-state index contributed by atoms with van der Waals surface area (Å²) in [6.07, 6.45) is 0.801. The summed E-state index contributed by atoms with van der Waals surface area (Å²) in [6, 6.07) is 21.5. The quantitative estimate of drug-likeness (QED) is 0.916. The molecule has 0 radical (unpaired) electrons. The lowest BCUT2D eigenvalue weighted by atomic mass is 9.98. The zero-order chi connectivity index (χ0) is 17.8. The van der Waals surface area contributed by atoms with Crippen molar-refractivity contribution < 1.29 is 5.11 Å². The normalized spacial score (nSPS) is 25.3. The molecule has 2 aromatic rings. The fraction of sp³-hybridized carbons (Fsp3) is 0.455. The predicted octanol–water partition coefficient (Wildman–Crippen LogP) is 2.44. The van der Waals surface area contributed by atoms with Gasteiger partial charge in [-0.3, -0.25) is 9.80 Å². The van der Waals surface area contributed by atoms with Crippen LogP contribution in [0, 0.1) is 0 Å². The minimum atomic E-state index is -0.254. The van der Waals surface area contributed by atoms with Crippen LogP contribution in [0.5, 0.6) is 0 Å². The van der Waals surface area contributed by atoms with Gasteiger partial charge in [0.05, 0.1) is 6.10 Å². The van der Waals surface area contributed by atoms with Gasteiger partial charge in [-0.2, -0.15) is 0 Å². The van der Waals surface area contributed by atoms with Gasteiger partial charge in [0.25, 0.3) is 0 Å². The molecule has 0 bridgehead atoms. The van der Waals surface area contributed by atoms with Crippen molar-refractivity contribution in [3.05, 3.63) is 66.2 Å². The Labute approximate surface area is 156 Å². The van der Waals surface area contributed by atoms with Crippen LogP contribution in [0.3, 0.4) is 0 Å². The van der Waals surface area contributed by atoms with E-state index in [2.05, 4.69) is 75.4 Å². The Hall–Kier alpha value is -1.88. The number of piperidine rings is 1. The first-order valence-electron chi connectivity index (χ1n) is 9.78. The highest BCUT2D eigenvalue weighted by Crippen LogP contribution is 2.22. The molecule has 0 saturated carbocycles. The van der Waals surface area contributed by atoms with E-state index in [4.69, 9.17) is 0 Å². The zero-order valence-electron chi connectivity index (χ0n) is 15.4. The Balaban J connectivity index is 1.29. The monoisotopic (exact) mass is 351 g/mol. The number of para-hydroxylation sites is 1. The number of benzene rings is 2. The minimum absolute atomic E-state index is 0.254. The molecular weight excluding hydrogens is 322 g/mol. The summed E-state index contributed by atoms with van der Waals surface area (Å²) in [5.74, 6) is 0. The molecule has 138 valence electrons. The second-order valence-electron chi connectivity index (χ2n) is 7.50. The smallest absolute Gasteiger partial charge is 0.0822 e. The highest BCUT2D eigenvalue weighted by molar-refractivity contribution is 5.46. The lowest BCUT2D eigenvalue weighted by Crippen LogP contribution is -2.58. The third-order valence-corrected chi connectivity index (χ3v) is 5.78. The van der Waals surface area contributed by atoms with E-state index in [1.807, 2.05) is 0 Å². The number of nitrogens with zero attached hydrogens (tertiary/aromatic N) is 3. The third-order valence-electron chi connectivity index (χ3n) is 5.78. The average Bonchev–Trinajstić information content (AvgIpc) is 2.70. The second kappa shape index (κ2) is 8.21. The molecule has 26 heavy (non-hydrogen) atoms. The van der Waals surface area contributed by atoms with Crippen LogP contribution < -0.4 is 4.90 Å². The number of hydrogen-bond donors (Lipinski definition) is 1. The average molecular weight is 351 g/mol. The highest BCUT2D eigenvalue weighted by Gasteiger charge is 2.33. The standard InChI is InChI=1S/C22H29N3O/c26-22-18-23(17-19-7-3-1-4-8-19)12-11-21(22)25-15-13-24(14-16-25)20-9-5-2-6-10-20/h1-10,21-22,26H,11-18H2/t21-,22-/m0/s1. The van der Waals surface area contributed by atoms with Crippen LogP contribution in [-0.2, 0) is 6.54 Å². The number of likely N-dealkylation sites (tertiary alicyclic amines) is 1. The molecule has 4 heteroatoms. The van der Waals surface area contributed by atoms with Crippen molar-refractivity contribution in [3.63, 3.8) is 0 Å². The molecule has 1 N–H and O–H groups in total. The van der Waals surface area contributed by atoms with Crippen molar-refractivity contribution in [1.82, 2.24) is 9.80 Å². The number of rotatable bonds is 4. The first-order chi connectivity index (χ1) is 12.8. The van der Waals surface area contributed by atoms with Crippen LogP contribution >= 0.6 is 0 Å². The highest BCUT2D eigenvalue weighted by atomic mass is 16.3. The van der Waals surface area contributed by atoms with E-state index in [1.165, 1.54) is 11.3 Å². The molecule has 2 atom stereocenters. The van der Waals surface area contributed by atoms with Gasteiger partial charge in [-0.1, -0.05) is 48.5 Å². The van der Waals surface area contributed by atoms with Crippen LogP contribution in [0.15, 0.2) is 60.7 Å². The number of hydrogen-bond acceptors (Lipinski definition) is 4. The number of piperazine rings is 1. The summed E-state index contributed by atoms with van der Waals surface area (Å²) < 4.78 is 0. The molecule has 2 heterocycles. The van der Waals surface area contributed by atoms with Gasteiger partial charge < -0.3 is 10.0 Å². The van der Waals surface area contributed by atoms with Crippen LogP contribution in [0.4, 0.5) is 5.69 Å². The van der Waals surface area contributed by atoms with Gasteiger partial charge in [0.1, 0.15) is 0 Å². The van der Waals surface area contributed by atoms with Crippen molar-refractivity contribution in [2.75, 3.05) is 44.2 Å². The van der Waals surface area contributed by atoms with Crippen LogP contribution in [0.2, 0.25) is 0 Å². The van der Waals surface area contributed by atoms with Crippen LogP contribution in [0.1, 0.15) is 12.0 Å². The summed E-state index contributed by atoms with van der Waals surface area (Å²) >= 11 is 0. The second-order valence-corrected chi connectivity index (χ2v) is 7.50. The predicted molar refractivity (Wildman–Crippen MR) is 106 cm³/mol. The molecular formula is C22H29N3O. The lowest BCUT2D eigenvalue weighted by molar-refractivity contribution is -0.0171.